The van der Waals surface area contributed by atoms with Gasteiger partial charge >= 0.3 is 6.03 Å². The number of hydrogen-bond donors (Lipinski definition) is 2. The number of rotatable bonds is 5. The number of amides is 2. The van der Waals surface area contributed by atoms with E-state index in [1.165, 1.54) is 36.5 Å². The summed E-state index contributed by atoms with van der Waals surface area (Å²) in [6, 6.07) is 8.89. The summed E-state index contributed by atoms with van der Waals surface area (Å²) in [4.78, 5) is 10.5. The molecular formula is C15H13F2N3O2. The molecule has 0 aliphatic heterocycles. The fraction of sp³-hybridized carbons (Fsp3) is 0.0667. The number of carbonyl (C=O) groups is 1. The maximum absolute atomic E-state index is 13.3. The highest BCUT2D eigenvalue weighted by molar-refractivity contribution is 5.84. The Morgan fingerprint density at radius 3 is 2.73 bits per heavy atom. The summed E-state index contributed by atoms with van der Waals surface area (Å²) in [7, 11) is 0. The highest BCUT2D eigenvalue weighted by atomic mass is 19.1. The van der Waals surface area contributed by atoms with Gasteiger partial charge in [-0.2, -0.15) is 5.10 Å². The summed E-state index contributed by atoms with van der Waals surface area (Å²) in [5, 5.41) is 3.59. The van der Waals surface area contributed by atoms with Crippen molar-refractivity contribution in [3.8, 4) is 5.75 Å². The van der Waals surface area contributed by atoms with Crippen LogP contribution in [0.25, 0.3) is 0 Å². The molecule has 0 aromatic heterocycles. The van der Waals surface area contributed by atoms with E-state index in [1.807, 2.05) is 5.43 Å². The number of urea groups is 1. The Kier molecular flexibility index (Phi) is 5.02. The minimum Gasteiger partial charge on any atom is -0.488 e. The average molecular weight is 305 g/mol. The molecule has 0 radical (unpaired) electrons. The molecule has 0 fully saturated rings. The van der Waals surface area contributed by atoms with Crippen molar-refractivity contribution >= 4 is 12.2 Å². The lowest BCUT2D eigenvalue weighted by atomic mass is 10.2. The number of carbonyl (C=O) groups excluding carboxylic acids is 1. The summed E-state index contributed by atoms with van der Waals surface area (Å²) < 4.78 is 31.9. The molecule has 0 saturated carbocycles. The van der Waals surface area contributed by atoms with Crippen molar-refractivity contribution in [2.24, 2.45) is 10.8 Å². The molecule has 0 spiro atoms. The van der Waals surface area contributed by atoms with Crippen LogP contribution in [0.15, 0.2) is 47.6 Å². The van der Waals surface area contributed by atoms with Crippen molar-refractivity contribution in [3.63, 3.8) is 0 Å². The second kappa shape index (κ2) is 7.16. The van der Waals surface area contributed by atoms with Gasteiger partial charge in [0.2, 0.25) is 0 Å². The van der Waals surface area contributed by atoms with Gasteiger partial charge in [0.25, 0.3) is 0 Å². The largest absolute Gasteiger partial charge is 0.488 e. The SMILES string of the molecule is NC(=O)NN=Cc1ccc(F)cc1OCc1cccc(F)c1. The lowest BCUT2D eigenvalue weighted by Crippen LogP contribution is -2.24. The number of hydrogen-bond acceptors (Lipinski definition) is 3. The number of nitrogens with zero attached hydrogens (tertiary/aromatic N) is 1. The van der Waals surface area contributed by atoms with Crippen molar-refractivity contribution < 1.29 is 18.3 Å². The monoisotopic (exact) mass is 305 g/mol. The van der Waals surface area contributed by atoms with Gasteiger partial charge in [-0.3, -0.25) is 0 Å². The smallest absolute Gasteiger partial charge is 0.332 e. The van der Waals surface area contributed by atoms with Crippen LogP contribution in [0.4, 0.5) is 13.6 Å². The van der Waals surface area contributed by atoms with Crippen molar-refractivity contribution in [1.82, 2.24) is 5.43 Å². The minimum absolute atomic E-state index is 0.0608. The van der Waals surface area contributed by atoms with Gasteiger partial charge in [-0.05, 0) is 29.8 Å². The van der Waals surface area contributed by atoms with E-state index in [0.29, 0.717) is 11.1 Å². The van der Waals surface area contributed by atoms with Crippen LogP contribution in [0, 0.1) is 11.6 Å². The summed E-state index contributed by atoms with van der Waals surface area (Å²) >= 11 is 0. The molecule has 2 aromatic carbocycles. The molecule has 2 amide bonds. The molecule has 5 nitrogen and oxygen atoms in total. The number of halogens is 2. The number of nitrogens with one attached hydrogen (secondary N) is 1. The van der Waals surface area contributed by atoms with E-state index in [9.17, 15) is 13.6 Å². The fourth-order valence-electron chi connectivity index (χ4n) is 1.69. The third kappa shape index (κ3) is 4.55. The van der Waals surface area contributed by atoms with Gasteiger partial charge in [-0.25, -0.2) is 19.0 Å². The van der Waals surface area contributed by atoms with Crippen LogP contribution >= 0.6 is 0 Å². The van der Waals surface area contributed by atoms with Gasteiger partial charge in [0.1, 0.15) is 24.0 Å². The number of ether oxygens (including phenoxy) is 1. The van der Waals surface area contributed by atoms with Gasteiger partial charge in [0.05, 0.1) is 6.21 Å². The number of nitrogens with two attached hydrogens (primary N) is 1. The molecule has 114 valence electrons. The second-order valence-corrected chi connectivity index (χ2v) is 4.33. The van der Waals surface area contributed by atoms with Crippen molar-refractivity contribution in [3.05, 3.63) is 65.2 Å². The molecule has 0 aliphatic rings. The number of primary amides is 1. The van der Waals surface area contributed by atoms with E-state index in [0.717, 1.165) is 0 Å². The molecule has 2 aromatic rings. The van der Waals surface area contributed by atoms with E-state index in [2.05, 4.69) is 5.10 Å². The Labute approximate surface area is 125 Å². The highest BCUT2D eigenvalue weighted by Gasteiger charge is 2.05. The van der Waals surface area contributed by atoms with Crippen LogP contribution in [0.2, 0.25) is 0 Å². The zero-order valence-corrected chi connectivity index (χ0v) is 11.4. The minimum atomic E-state index is -0.819. The third-order valence-electron chi connectivity index (χ3n) is 2.64. The molecule has 0 aliphatic carbocycles. The molecule has 22 heavy (non-hydrogen) atoms. The van der Waals surface area contributed by atoms with Crippen molar-refractivity contribution in [2.45, 2.75) is 6.61 Å². The van der Waals surface area contributed by atoms with Gasteiger partial charge in [-0.1, -0.05) is 12.1 Å². The Bertz CT molecular complexity index is 705. The molecular weight excluding hydrogens is 292 g/mol. The standard InChI is InChI=1S/C15H13F2N3O2/c16-12-3-1-2-10(6-12)9-22-14-7-13(17)5-4-11(14)8-19-20-15(18)21/h1-8H,9H2,(H3,18,20,21). The highest BCUT2D eigenvalue weighted by Crippen LogP contribution is 2.20. The van der Waals surface area contributed by atoms with Crippen LogP contribution < -0.4 is 15.9 Å². The van der Waals surface area contributed by atoms with E-state index in [1.54, 1.807) is 12.1 Å². The normalized spacial score (nSPS) is 10.6. The first-order valence-corrected chi connectivity index (χ1v) is 6.30. The molecule has 0 unspecified atom stereocenters. The predicted molar refractivity (Wildman–Crippen MR) is 77.4 cm³/mol. The summed E-state index contributed by atoms with van der Waals surface area (Å²) in [6.45, 7) is 0.0608. The van der Waals surface area contributed by atoms with Crippen molar-refractivity contribution in [1.29, 1.82) is 0 Å². The summed E-state index contributed by atoms with van der Waals surface area (Å²) in [5.74, 6) is -0.665. The maximum Gasteiger partial charge on any atom is 0.332 e. The van der Waals surface area contributed by atoms with Gasteiger partial charge < -0.3 is 10.5 Å². The van der Waals surface area contributed by atoms with E-state index in [-0.39, 0.29) is 18.2 Å². The molecule has 7 heteroatoms. The quantitative estimate of drug-likeness (QED) is 0.658. The summed E-state index contributed by atoms with van der Waals surface area (Å²) in [6.07, 6.45) is 1.27. The maximum atomic E-state index is 13.3. The molecule has 0 atom stereocenters. The molecule has 3 N–H and O–H groups in total. The van der Waals surface area contributed by atoms with Crippen LogP contribution in [0.1, 0.15) is 11.1 Å². The fourth-order valence-corrected chi connectivity index (χ4v) is 1.69. The topological polar surface area (TPSA) is 76.7 Å². The second-order valence-electron chi connectivity index (χ2n) is 4.33. The molecule has 0 saturated heterocycles. The number of benzene rings is 2. The summed E-state index contributed by atoms with van der Waals surface area (Å²) in [5.41, 5.74) is 7.94. The lowest BCUT2D eigenvalue weighted by molar-refractivity contribution is 0.249. The zero-order chi connectivity index (χ0) is 15.9. The Hall–Kier alpha value is -2.96. The van der Waals surface area contributed by atoms with Gasteiger partial charge in [0.15, 0.2) is 0 Å². The van der Waals surface area contributed by atoms with Gasteiger partial charge in [0, 0.05) is 11.6 Å². The van der Waals surface area contributed by atoms with Crippen LogP contribution in [0.3, 0.4) is 0 Å². The van der Waals surface area contributed by atoms with Gasteiger partial charge in [-0.15, -0.1) is 0 Å². The van der Waals surface area contributed by atoms with E-state index >= 15 is 0 Å². The molecule has 2 rings (SSSR count). The van der Waals surface area contributed by atoms with Crippen LogP contribution in [0.5, 0.6) is 5.75 Å². The average Bonchev–Trinajstić information content (AvgIpc) is 2.47. The predicted octanol–water partition coefficient (Wildman–Crippen LogP) is 2.55. The zero-order valence-electron chi connectivity index (χ0n) is 11.4. The first kappa shape index (κ1) is 15.4. The third-order valence-corrected chi connectivity index (χ3v) is 2.64. The first-order valence-electron chi connectivity index (χ1n) is 6.30. The molecule has 0 heterocycles. The Morgan fingerprint density at radius 2 is 2.00 bits per heavy atom. The van der Waals surface area contributed by atoms with E-state index < -0.39 is 11.8 Å². The Balaban J connectivity index is 2.13. The van der Waals surface area contributed by atoms with Crippen LogP contribution in [-0.4, -0.2) is 12.2 Å². The first-order chi connectivity index (χ1) is 10.5. The van der Waals surface area contributed by atoms with Crippen molar-refractivity contribution in [2.75, 3.05) is 0 Å². The number of hydrazone groups is 1. The lowest BCUT2D eigenvalue weighted by Gasteiger charge is -2.09. The Morgan fingerprint density at radius 1 is 1.23 bits per heavy atom. The van der Waals surface area contributed by atoms with E-state index in [4.69, 9.17) is 10.5 Å². The molecule has 0 bridgehead atoms. The van der Waals surface area contributed by atoms with Crippen LogP contribution in [-0.2, 0) is 6.61 Å².